The quantitative estimate of drug-likeness (QED) is 0.439. The van der Waals surface area contributed by atoms with Gasteiger partial charge in [-0.15, -0.1) is 11.8 Å². The molecule has 2 bridgehead atoms. The lowest BCUT2D eigenvalue weighted by Crippen LogP contribution is -2.59. The SMILES string of the molecule is CCCCCNC(=O)C1N([C@@H](CO)Cc2ccccc2)C(=O)[C@@H]2[C@H](C(=O)NC)[C@@H]3CC(C)C12S3. The summed E-state index contributed by atoms with van der Waals surface area (Å²) < 4.78 is -0.655. The fourth-order valence-corrected chi connectivity index (χ4v) is 8.85. The first-order valence-corrected chi connectivity index (χ1v) is 13.4. The Morgan fingerprint density at radius 1 is 1.24 bits per heavy atom. The van der Waals surface area contributed by atoms with Crippen LogP contribution in [-0.2, 0) is 20.8 Å². The fourth-order valence-electron chi connectivity index (χ4n) is 6.44. The average molecular weight is 488 g/mol. The molecule has 34 heavy (non-hydrogen) atoms. The lowest BCUT2D eigenvalue weighted by molar-refractivity contribution is -0.142. The lowest BCUT2D eigenvalue weighted by Gasteiger charge is -2.40. The van der Waals surface area contributed by atoms with Crippen molar-refractivity contribution in [3.63, 3.8) is 0 Å². The molecule has 3 heterocycles. The second kappa shape index (κ2) is 10.3. The zero-order chi connectivity index (χ0) is 24.5. The maximum Gasteiger partial charge on any atom is 0.244 e. The van der Waals surface area contributed by atoms with Crippen LogP contribution in [0.2, 0.25) is 0 Å². The number of aliphatic hydroxyl groups is 1. The predicted molar refractivity (Wildman–Crippen MR) is 133 cm³/mol. The molecule has 3 fully saturated rings. The summed E-state index contributed by atoms with van der Waals surface area (Å²) in [5.74, 6) is -1.34. The Morgan fingerprint density at radius 2 is 1.97 bits per heavy atom. The largest absolute Gasteiger partial charge is 0.394 e. The van der Waals surface area contributed by atoms with Crippen LogP contribution in [-0.4, -0.2) is 70.0 Å². The molecule has 0 aliphatic carbocycles. The van der Waals surface area contributed by atoms with E-state index in [1.165, 1.54) is 0 Å². The van der Waals surface area contributed by atoms with Crippen molar-refractivity contribution >= 4 is 29.5 Å². The normalized spacial score (nSPS) is 32.5. The number of nitrogens with zero attached hydrogens (tertiary/aromatic N) is 1. The Morgan fingerprint density at radius 3 is 2.62 bits per heavy atom. The van der Waals surface area contributed by atoms with E-state index in [0.717, 1.165) is 31.2 Å². The van der Waals surface area contributed by atoms with Gasteiger partial charge in [0.2, 0.25) is 17.7 Å². The Hall–Kier alpha value is -2.06. The second-order valence-electron chi connectivity index (χ2n) is 9.94. The maximum absolute atomic E-state index is 14.1. The standard InChI is InChI=1S/C26H37N3O4S/c1-4-5-9-12-28-24(32)22-26-16(2)13-19(34-26)20(23(31)27-3)21(26)25(33)29(22)18(15-30)14-17-10-7-6-8-11-17/h6-8,10-11,16,18-22,30H,4-5,9,12-15H2,1-3H3,(H,27,31)(H,28,32)/t16?,18-,19+,20-,21+,22?,26?/m1/s1. The minimum atomic E-state index is -0.702. The van der Waals surface area contributed by atoms with Crippen molar-refractivity contribution in [2.24, 2.45) is 17.8 Å². The fraction of sp³-hybridized carbons (Fsp3) is 0.654. The molecule has 0 radical (unpaired) electrons. The predicted octanol–water partition coefficient (Wildman–Crippen LogP) is 1.98. The number of aliphatic hydroxyl groups excluding tert-OH is 1. The first-order valence-electron chi connectivity index (χ1n) is 12.5. The van der Waals surface area contributed by atoms with E-state index in [0.29, 0.717) is 13.0 Å². The zero-order valence-corrected chi connectivity index (χ0v) is 21.1. The third-order valence-electron chi connectivity index (χ3n) is 7.98. The third-order valence-corrected chi connectivity index (χ3v) is 10.1. The molecular weight excluding hydrogens is 450 g/mol. The third kappa shape index (κ3) is 4.02. The molecule has 4 rings (SSSR count). The molecule has 0 aromatic heterocycles. The van der Waals surface area contributed by atoms with Crippen LogP contribution in [0, 0.1) is 17.8 Å². The van der Waals surface area contributed by atoms with E-state index < -0.39 is 28.7 Å². The summed E-state index contributed by atoms with van der Waals surface area (Å²) >= 11 is 1.67. The molecule has 3 aliphatic rings. The van der Waals surface area contributed by atoms with Crippen LogP contribution in [0.1, 0.15) is 45.1 Å². The number of thioether (sulfide) groups is 1. The molecule has 3 amide bonds. The van der Waals surface area contributed by atoms with Gasteiger partial charge >= 0.3 is 0 Å². The van der Waals surface area contributed by atoms with Gasteiger partial charge in [0.15, 0.2) is 0 Å². The van der Waals surface area contributed by atoms with Crippen molar-refractivity contribution in [2.75, 3.05) is 20.2 Å². The first kappa shape index (κ1) is 25.0. The van der Waals surface area contributed by atoms with Crippen LogP contribution in [0.5, 0.6) is 0 Å². The molecule has 3 N–H and O–H groups in total. The lowest BCUT2D eigenvalue weighted by atomic mass is 9.66. The Balaban J connectivity index is 1.72. The number of benzene rings is 1. The summed E-state index contributed by atoms with van der Waals surface area (Å²) in [6.07, 6.45) is 4.24. The smallest absolute Gasteiger partial charge is 0.244 e. The molecule has 3 aliphatic heterocycles. The summed E-state index contributed by atoms with van der Waals surface area (Å²) in [5, 5.41) is 16.3. The van der Waals surface area contributed by atoms with E-state index in [-0.39, 0.29) is 35.5 Å². The van der Waals surface area contributed by atoms with E-state index in [1.54, 1.807) is 23.7 Å². The molecule has 1 aromatic rings. The van der Waals surface area contributed by atoms with E-state index in [2.05, 4.69) is 24.5 Å². The highest BCUT2D eigenvalue weighted by Crippen LogP contribution is 2.68. The van der Waals surface area contributed by atoms with Gasteiger partial charge in [-0.25, -0.2) is 0 Å². The number of likely N-dealkylation sites (tertiary alicyclic amines) is 1. The second-order valence-corrected chi connectivity index (χ2v) is 11.5. The first-order chi connectivity index (χ1) is 16.4. The maximum atomic E-state index is 14.1. The minimum absolute atomic E-state index is 0.0307. The van der Waals surface area contributed by atoms with E-state index in [1.807, 2.05) is 30.3 Å². The van der Waals surface area contributed by atoms with Crippen LogP contribution in [0.15, 0.2) is 30.3 Å². The van der Waals surface area contributed by atoms with Crippen LogP contribution in [0.3, 0.4) is 0 Å². The number of amides is 3. The van der Waals surface area contributed by atoms with Gasteiger partial charge in [-0.3, -0.25) is 14.4 Å². The number of hydrogen-bond donors (Lipinski definition) is 3. The monoisotopic (exact) mass is 487 g/mol. The van der Waals surface area contributed by atoms with Crippen molar-refractivity contribution in [3.8, 4) is 0 Å². The number of unbranched alkanes of at least 4 members (excludes halogenated alkanes) is 2. The van der Waals surface area contributed by atoms with Gasteiger partial charge in [-0.2, -0.15) is 0 Å². The molecule has 0 saturated carbocycles. The number of fused-ring (bicyclic) bond motifs is 1. The Labute approximate surface area is 206 Å². The zero-order valence-electron chi connectivity index (χ0n) is 20.3. The number of carbonyl (C=O) groups is 3. The van der Waals surface area contributed by atoms with Crippen LogP contribution in [0.25, 0.3) is 0 Å². The van der Waals surface area contributed by atoms with Crippen LogP contribution >= 0.6 is 11.8 Å². The Bertz CT molecular complexity index is 913. The summed E-state index contributed by atoms with van der Waals surface area (Å²) in [5.41, 5.74) is 0.999. The molecule has 3 saturated heterocycles. The number of rotatable bonds is 10. The van der Waals surface area contributed by atoms with Gasteiger partial charge in [0.1, 0.15) is 6.04 Å². The van der Waals surface area contributed by atoms with Crippen LogP contribution in [0.4, 0.5) is 0 Å². The highest BCUT2D eigenvalue weighted by atomic mass is 32.2. The summed E-state index contributed by atoms with van der Waals surface area (Å²) in [6, 6.07) is 8.51. The van der Waals surface area contributed by atoms with Gasteiger partial charge in [-0.05, 0) is 30.7 Å². The van der Waals surface area contributed by atoms with E-state index in [9.17, 15) is 19.5 Å². The molecule has 1 aromatic carbocycles. The van der Waals surface area contributed by atoms with Gasteiger partial charge in [0.25, 0.3) is 0 Å². The number of carbonyl (C=O) groups excluding carboxylic acids is 3. The molecule has 7 nitrogen and oxygen atoms in total. The van der Waals surface area contributed by atoms with E-state index >= 15 is 0 Å². The summed E-state index contributed by atoms with van der Waals surface area (Å²) in [4.78, 5) is 42.4. The van der Waals surface area contributed by atoms with Gasteiger partial charge in [-0.1, -0.05) is 57.0 Å². The average Bonchev–Trinajstić information content (AvgIpc) is 3.44. The van der Waals surface area contributed by atoms with Crippen LogP contribution < -0.4 is 10.6 Å². The van der Waals surface area contributed by atoms with Crippen molar-refractivity contribution in [1.82, 2.24) is 15.5 Å². The molecular formula is C26H37N3O4S. The topological polar surface area (TPSA) is 98.7 Å². The van der Waals surface area contributed by atoms with Gasteiger partial charge in [0, 0.05) is 18.8 Å². The van der Waals surface area contributed by atoms with Gasteiger partial charge in [0.05, 0.1) is 29.2 Å². The molecule has 1 spiro atoms. The number of nitrogens with one attached hydrogen (secondary N) is 2. The highest BCUT2D eigenvalue weighted by molar-refractivity contribution is 8.02. The molecule has 3 unspecified atom stereocenters. The highest BCUT2D eigenvalue weighted by Gasteiger charge is 2.76. The molecule has 8 heteroatoms. The minimum Gasteiger partial charge on any atom is -0.394 e. The van der Waals surface area contributed by atoms with Gasteiger partial charge < -0.3 is 20.6 Å². The van der Waals surface area contributed by atoms with Crippen molar-refractivity contribution in [1.29, 1.82) is 0 Å². The van der Waals surface area contributed by atoms with Crippen molar-refractivity contribution < 1.29 is 19.5 Å². The van der Waals surface area contributed by atoms with Crippen molar-refractivity contribution in [2.45, 2.75) is 68.0 Å². The van der Waals surface area contributed by atoms with E-state index in [4.69, 9.17) is 0 Å². The number of hydrogen-bond acceptors (Lipinski definition) is 5. The molecule has 7 atom stereocenters. The molecule has 186 valence electrons. The summed E-state index contributed by atoms with van der Waals surface area (Å²) in [7, 11) is 1.61. The van der Waals surface area contributed by atoms with Crippen molar-refractivity contribution in [3.05, 3.63) is 35.9 Å². The summed E-state index contributed by atoms with van der Waals surface area (Å²) in [6.45, 7) is 4.55. The Kier molecular flexibility index (Phi) is 7.57.